The van der Waals surface area contributed by atoms with Crippen molar-refractivity contribution in [1.82, 2.24) is 5.32 Å². The maximum Gasteiger partial charge on any atom is 0.415 e. The third-order valence-corrected chi connectivity index (χ3v) is 3.65. The summed E-state index contributed by atoms with van der Waals surface area (Å²) < 4.78 is 37.5. The van der Waals surface area contributed by atoms with Crippen molar-refractivity contribution in [2.45, 2.75) is 38.5 Å². The SMILES string of the molecule is CCc1ccsc1CNC(=O)C(C)(N)C(F)(F)F. The normalized spacial score (nSPS) is 15.2. The zero-order chi connectivity index (χ0) is 14.0. The number of alkyl halides is 3. The van der Waals surface area contributed by atoms with Crippen LogP contribution in [-0.2, 0) is 17.8 Å². The van der Waals surface area contributed by atoms with Crippen LogP contribution < -0.4 is 11.1 Å². The van der Waals surface area contributed by atoms with E-state index in [1.54, 1.807) is 0 Å². The molecule has 0 fully saturated rings. The minimum atomic E-state index is -4.76. The fourth-order valence-corrected chi connectivity index (χ4v) is 2.23. The predicted octanol–water partition coefficient (Wildman–Crippen LogP) is 2.21. The number of aryl methyl sites for hydroxylation is 1. The molecule has 0 saturated heterocycles. The molecule has 3 nitrogen and oxygen atoms in total. The van der Waals surface area contributed by atoms with Crippen molar-refractivity contribution < 1.29 is 18.0 Å². The first-order valence-electron chi connectivity index (χ1n) is 5.39. The van der Waals surface area contributed by atoms with Crippen LogP contribution in [0.2, 0.25) is 0 Å². The first kappa shape index (κ1) is 15.0. The molecule has 102 valence electrons. The number of nitrogens with one attached hydrogen (secondary N) is 1. The topological polar surface area (TPSA) is 55.1 Å². The molecule has 0 aromatic carbocycles. The molecule has 18 heavy (non-hydrogen) atoms. The van der Waals surface area contributed by atoms with Gasteiger partial charge >= 0.3 is 6.18 Å². The van der Waals surface area contributed by atoms with Crippen LogP contribution in [0.4, 0.5) is 13.2 Å². The lowest BCUT2D eigenvalue weighted by Crippen LogP contribution is -2.61. The van der Waals surface area contributed by atoms with E-state index in [1.165, 1.54) is 11.3 Å². The van der Waals surface area contributed by atoms with Crippen molar-refractivity contribution in [2.24, 2.45) is 5.73 Å². The Kier molecular flexibility index (Phi) is 4.39. The van der Waals surface area contributed by atoms with Crippen LogP contribution in [-0.4, -0.2) is 17.6 Å². The minimum absolute atomic E-state index is 0.0720. The number of carbonyl (C=O) groups is 1. The molecule has 1 aromatic rings. The van der Waals surface area contributed by atoms with E-state index in [0.717, 1.165) is 16.9 Å². The number of amides is 1. The maximum absolute atomic E-state index is 12.5. The van der Waals surface area contributed by atoms with Gasteiger partial charge in [-0.3, -0.25) is 4.79 Å². The second-order valence-corrected chi connectivity index (χ2v) is 5.11. The Hall–Kier alpha value is -1.08. The molecule has 3 N–H and O–H groups in total. The summed E-state index contributed by atoms with van der Waals surface area (Å²) in [6, 6.07) is 1.89. The standard InChI is InChI=1S/C11H15F3N2OS/c1-3-7-4-5-18-8(7)6-16-9(17)10(2,15)11(12,13)14/h4-5H,3,6,15H2,1-2H3,(H,16,17). The third-order valence-electron chi connectivity index (χ3n) is 2.69. The monoisotopic (exact) mass is 280 g/mol. The summed E-state index contributed by atoms with van der Waals surface area (Å²) in [5, 5.41) is 4.07. The first-order chi connectivity index (χ1) is 8.20. The van der Waals surface area contributed by atoms with Gasteiger partial charge in [-0.1, -0.05) is 6.92 Å². The molecule has 0 spiro atoms. The van der Waals surface area contributed by atoms with Crippen LogP contribution in [0.25, 0.3) is 0 Å². The quantitative estimate of drug-likeness (QED) is 0.888. The van der Waals surface area contributed by atoms with E-state index in [-0.39, 0.29) is 6.54 Å². The Morgan fingerprint density at radius 2 is 2.11 bits per heavy atom. The summed E-state index contributed by atoms with van der Waals surface area (Å²) >= 11 is 1.40. The number of rotatable bonds is 4. The average molecular weight is 280 g/mol. The van der Waals surface area contributed by atoms with Crippen LogP contribution in [0.15, 0.2) is 11.4 Å². The number of hydrogen-bond donors (Lipinski definition) is 2. The summed E-state index contributed by atoms with van der Waals surface area (Å²) in [5.41, 5.74) is 3.17. The zero-order valence-corrected chi connectivity index (χ0v) is 10.9. The van der Waals surface area contributed by atoms with E-state index in [1.807, 2.05) is 18.4 Å². The molecule has 1 heterocycles. The highest BCUT2D eigenvalue weighted by atomic mass is 32.1. The second-order valence-electron chi connectivity index (χ2n) is 4.11. The Morgan fingerprint density at radius 3 is 2.61 bits per heavy atom. The molecule has 7 heteroatoms. The van der Waals surface area contributed by atoms with Crippen LogP contribution in [0.1, 0.15) is 24.3 Å². The van der Waals surface area contributed by atoms with Gasteiger partial charge in [-0.25, -0.2) is 0 Å². The van der Waals surface area contributed by atoms with Crippen molar-refractivity contribution in [3.8, 4) is 0 Å². The predicted molar refractivity (Wildman–Crippen MR) is 64.2 cm³/mol. The Balaban J connectivity index is 2.67. The van der Waals surface area contributed by atoms with Gasteiger partial charge in [0.05, 0.1) is 6.54 Å². The molecule has 1 aromatic heterocycles. The summed E-state index contributed by atoms with van der Waals surface area (Å²) in [7, 11) is 0. The first-order valence-corrected chi connectivity index (χ1v) is 6.27. The van der Waals surface area contributed by atoms with E-state index < -0.39 is 17.6 Å². The molecule has 0 aliphatic heterocycles. The molecule has 0 aliphatic rings. The fourth-order valence-electron chi connectivity index (χ4n) is 1.31. The second kappa shape index (κ2) is 5.27. The highest BCUT2D eigenvalue weighted by Crippen LogP contribution is 2.28. The van der Waals surface area contributed by atoms with Gasteiger partial charge in [-0.15, -0.1) is 11.3 Å². The molecule has 1 rings (SSSR count). The number of thiophene rings is 1. The van der Waals surface area contributed by atoms with Gasteiger partial charge in [-0.05, 0) is 30.4 Å². The van der Waals surface area contributed by atoms with E-state index in [9.17, 15) is 18.0 Å². The van der Waals surface area contributed by atoms with Gasteiger partial charge in [0, 0.05) is 4.88 Å². The van der Waals surface area contributed by atoms with Crippen molar-refractivity contribution >= 4 is 17.2 Å². The molecule has 0 bridgehead atoms. The Morgan fingerprint density at radius 1 is 1.50 bits per heavy atom. The minimum Gasteiger partial charge on any atom is -0.349 e. The Bertz CT molecular complexity index is 426. The fraction of sp³-hybridized carbons (Fsp3) is 0.545. The molecule has 1 unspecified atom stereocenters. The van der Waals surface area contributed by atoms with E-state index in [4.69, 9.17) is 5.73 Å². The van der Waals surface area contributed by atoms with Crippen LogP contribution >= 0.6 is 11.3 Å². The van der Waals surface area contributed by atoms with Crippen LogP contribution in [0.3, 0.4) is 0 Å². The molecule has 1 atom stereocenters. The van der Waals surface area contributed by atoms with Gasteiger partial charge in [0.15, 0.2) is 5.54 Å². The Labute approximate surface area is 107 Å². The number of nitrogens with two attached hydrogens (primary N) is 1. The van der Waals surface area contributed by atoms with Crippen LogP contribution in [0, 0.1) is 0 Å². The van der Waals surface area contributed by atoms with Crippen molar-refractivity contribution in [3.05, 3.63) is 21.9 Å². The summed E-state index contributed by atoms with van der Waals surface area (Å²) in [4.78, 5) is 12.3. The summed E-state index contributed by atoms with van der Waals surface area (Å²) in [6.07, 6.45) is -3.99. The van der Waals surface area contributed by atoms with E-state index in [2.05, 4.69) is 5.32 Å². The third kappa shape index (κ3) is 3.02. The maximum atomic E-state index is 12.5. The molecule has 1 amide bonds. The molecule has 0 saturated carbocycles. The lowest BCUT2D eigenvalue weighted by Gasteiger charge is -2.26. The zero-order valence-electron chi connectivity index (χ0n) is 10.1. The lowest BCUT2D eigenvalue weighted by molar-refractivity contribution is -0.187. The van der Waals surface area contributed by atoms with Gasteiger partial charge in [0.1, 0.15) is 0 Å². The highest BCUT2D eigenvalue weighted by Gasteiger charge is 2.53. The van der Waals surface area contributed by atoms with Gasteiger partial charge in [0.2, 0.25) is 5.91 Å². The van der Waals surface area contributed by atoms with Gasteiger partial charge in [0.25, 0.3) is 0 Å². The number of hydrogen-bond acceptors (Lipinski definition) is 3. The van der Waals surface area contributed by atoms with Gasteiger partial charge < -0.3 is 11.1 Å². The van der Waals surface area contributed by atoms with E-state index >= 15 is 0 Å². The van der Waals surface area contributed by atoms with Crippen molar-refractivity contribution in [2.75, 3.05) is 0 Å². The van der Waals surface area contributed by atoms with Gasteiger partial charge in [-0.2, -0.15) is 13.2 Å². The molecular formula is C11H15F3N2OS. The van der Waals surface area contributed by atoms with Crippen molar-refractivity contribution in [1.29, 1.82) is 0 Å². The highest BCUT2D eigenvalue weighted by molar-refractivity contribution is 7.10. The largest absolute Gasteiger partial charge is 0.415 e. The summed E-state index contributed by atoms with van der Waals surface area (Å²) in [6.45, 7) is 2.68. The van der Waals surface area contributed by atoms with E-state index in [0.29, 0.717) is 6.92 Å². The molecular weight excluding hydrogens is 265 g/mol. The average Bonchev–Trinajstić information content (AvgIpc) is 2.71. The summed E-state index contributed by atoms with van der Waals surface area (Å²) in [5.74, 6) is -1.22. The smallest absolute Gasteiger partial charge is 0.349 e. The molecule has 0 radical (unpaired) electrons. The van der Waals surface area contributed by atoms with Crippen LogP contribution in [0.5, 0.6) is 0 Å². The number of halogens is 3. The lowest BCUT2D eigenvalue weighted by atomic mass is 10.0. The molecule has 0 aliphatic carbocycles. The van der Waals surface area contributed by atoms with Crippen molar-refractivity contribution in [3.63, 3.8) is 0 Å². The number of carbonyl (C=O) groups excluding carboxylic acids is 1.